The highest BCUT2D eigenvalue weighted by Crippen LogP contribution is 2.40. The molecule has 1 aliphatic carbocycles. The number of rotatable bonds is 12. The largest absolute Gasteiger partial charge is 0.726 e. The first kappa shape index (κ1) is 33.7. The van der Waals surface area contributed by atoms with Crippen LogP contribution in [0.15, 0.2) is 11.6 Å². The van der Waals surface area contributed by atoms with Gasteiger partial charge in [0.15, 0.2) is 6.10 Å². The molecule has 2 aliphatic heterocycles. The van der Waals surface area contributed by atoms with Gasteiger partial charge in [0.1, 0.15) is 18.7 Å². The molecule has 3 aliphatic rings. The number of carbonyl (C=O) groups is 3. The molecule has 8 N–H and O–H groups in total. The zero-order chi connectivity index (χ0) is 31.4. The maximum Gasteiger partial charge on any atom is 0.341 e. The number of nitrogens with two attached hydrogens (primary N) is 2. The van der Waals surface area contributed by atoms with Crippen molar-refractivity contribution in [2.45, 2.75) is 76.0 Å². The monoisotopic (exact) mass is 618 g/mol. The average molecular weight is 619 g/mol. The van der Waals surface area contributed by atoms with Gasteiger partial charge in [-0.2, -0.15) is 0 Å². The lowest BCUT2D eigenvalue weighted by Crippen LogP contribution is -2.60. The molecule has 0 bridgehead atoms. The molecule has 0 aromatic heterocycles. The number of fused-ring (bicyclic) bond motifs is 1. The highest BCUT2D eigenvalue weighted by molar-refractivity contribution is 7.80. The minimum Gasteiger partial charge on any atom is -0.726 e. The first-order valence-electron chi connectivity index (χ1n) is 13.8. The lowest BCUT2D eigenvalue weighted by atomic mass is 9.81. The summed E-state index contributed by atoms with van der Waals surface area (Å²) in [5.74, 6) is -2.40. The van der Waals surface area contributed by atoms with Gasteiger partial charge < -0.3 is 35.0 Å². The van der Waals surface area contributed by atoms with Crippen LogP contribution in [0.4, 0.5) is 0 Å². The van der Waals surface area contributed by atoms with E-state index < -0.39 is 77.1 Å². The zero-order valence-corrected chi connectivity index (χ0v) is 24.8. The van der Waals surface area contributed by atoms with Crippen molar-refractivity contribution in [2.24, 2.45) is 23.3 Å². The van der Waals surface area contributed by atoms with Crippen molar-refractivity contribution in [3.05, 3.63) is 11.6 Å². The van der Waals surface area contributed by atoms with Gasteiger partial charge in [-0.15, -0.1) is 0 Å². The molecule has 17 heteroatoms. The van der Waals surface area contributed by atoms with Gasteiger partial charge in [0, 0.05) is 19.7 Å². The molecule has 3 rings (SSSR count). The first-order chi connectivity index (χ1) is 19.6. The summed E-state index contributed by atoms with van der Waals surface area (Å²) >= 11 is 0. The van der Waals surface area contributed by atoms with Crippen molar-refractivity contribution >= 4 is 34.1 Å². The molecule has 16 nitrogen and oxygen atoms in total. The molecule has 0 aromatic carbocycles. The van der Waals surface area contributed by atoms with E-state index in [1.807, 2.05) is 6.08 Å². The third kappa shape index (κ3) is 8.38. The van der Waals surface area contributed by atoms with Crippen LogP contribution in [0.3, 0.4) is 0 Å². The topological polar surface area (TPSA) is 250 Å². The Labute approximate surface area is 245 Å². The van der Waals surface area contributed by atoms with Gasteiger partial charge in [-0.05, 0) is 49.2 Å². The number of hydrogen-bond donors (Lipinski definition) is 6. The molecule has 5 unspecified atom stereocenters. The highest BCUT2D eigenvalue weighted by Gasteiger charge is 2.52. The number of hydrogen-bond acceptors (Lipinski definition) is 10. The molecular weight excluding hydrogens is 576 g/mol. The third-order valence-electron chi connectivity index (χ3n) is 8.07. The van der Waals surface area contributed by atoms with Crippen LogP contribution in [-0.4, -0.2) is 126 Å². The van der Waals surface area contributed by atoms with Crippen LogP contribution in [0.5, 0.6) is 0 Å². The number of amides is 3. The lowest BCUT2D eigenvalue weighted by Gasteiger charge is -2.39. The van der Waals surface area contributed by atoms with Gasteiger partial charge in [-0.25, -0.2) is 8.42 Å². The van der Waals surface area contributed by atoms with Crippen molar-refractivity contribution in [2.75, 3.05) is 33.4 Å². The van der Waals surface area contributed by atoms with Crippen molar-refractivity contribution in [3.8, 4) is 0 Å². The molecule has 7 atom stereocenters. The Hall–Kier alpha value is -2.83. The number of carbonyl (C=O) groups excluding carboxylic acids is 3. The Kier molecular flexibility index (Phi) is 11.3. The van der Waals surface area contributed by atoms with E-state index in [0.29, 0.717) is 26.1 Å². The fourth-order valence-electron chi connectivity index (χ4n) is 5.77. The Morgan fingerprint density at radius 1 is 1.19 bits per heavy atom. The quantitative estimate of drug-likeness (QED) is 0.0409. The fourth-order valence-corrected chi connectivity index (χ4v) is 6.06. The summed E-state index contributed by atoms with van der Waals surface area (Å²) in [4.78, 5) is 41.7. The van der Waals surface area contributed by atoms with Crippen molar-refractivity contribution in [1.29, 1.82) is 0 Å². The highest BCUT2D eigenvalue weighted by atomic mass is 32.3. The molecule has 0 spiro atoms. The van der Waals surface area contributed by atoms with Gasteiger partial charge in [-0.3, -0.25) is 34.6 Å². The van der Waals surface area contributed by atoms with E-state index in [0.717, 1.165) is 12.7 Å². The second-order valence-corrected chi connectivity index (χ2v) is 12.3. The Morgan fingerprint density at radius 3 is 2.43 bits per heavy atom. The van der Waals surface area contributed by atoms with Crippen LogP contribution >= 0.6 is 0 Å². The van der Waals surface area contributed by atoms with E-state index in [2.05, 4.69) is 14.8 Å². The summed E-state index contributed by atoms with van der Waals surface area (Å²) in [6.07, 6.45) is -0.554. The number of nitrogens with one attached hydrogen (secondary N) is 2. The fraction of sp³-hybridized carbons (Fsp3) is 0.760. The number of guanidine groups is 1. The van der Waals surface area contributed by atoms with E-state index in [-0.39, 0.29) is 31.1 Å². The van der Waals surface area contributed by atoms with Crippen LogP contribution < -0.4 is 22.1 Å². The standard InChI is InChI=1S/C25H42N6O10S/c1-13(2)21(29-23(35)20(40-3)12-41-42(37,38)39)24(36)31-16-10-19(33)18(32)9-15(16)8-17(31)22(34)28-6-4-14-5-7-30(11-14)25(26)27/h5,13,15-21,32-33H,4,6-12H2,1-3H3,(H6,26,27,28,29,34,35,37,38,39)/t15?,16?,17-,18-,19?,20?,21?/m0/s1. The van der Waals surface area contributed by atoms with Gasteiger partial charge in [0.05, 0.1) is 25.3 Å². The first-order valence-corrected chi connectivity index (χ1v) is 15.2. The molecule has 3 amide bonds. The SMILES string of the molecule is COC(COS(=O)(=O)[O-])C(=O)NC(C(=O)N1C2CC(O)[C@@H](O)CC2C[C@H]1C(=O)NCCC1=CC[N+](=C(N)N)C1)C(C)C. The number of ether oxygens (including phenoxy) is 1. The third-order valence-corrected chi connectivity index (χ3v) is 8.49. The predicted octanol–water partition coefficient (Wildman–Crippen LogP) is -3.55. The molecule has 1 saturated carbocycles. The Balaban J connectivity index is 1.76. The van der Waals surface area contributed by atoms with Gasteiger partial charge in [-0.1, -0.05) is 13.8 Å². The van der Waals surface area contributed by atoms with Crippen LogP contribution in [0, 0.1) is 11.8 Å². The number of likely N-dealkylation sites (tertiary alicyclic amines) is 1. The lowest BCUT2D eigenvalue weighted by molar-refractivity contribution is -0.503. The summed E-state index contributed by atoms with van der Waals surface area (Å²) in [5, 5.41) is 26.1. The average Bonchev–Trinajstić information content (AvgIpc) is 3.52. The molecule has 1 saturated heterocycles. The van der Waals surface area contributed by atoms with Crippen molar-refractivity contribution < 1.29 is 51.1 Å². The van der Waals surface area contributed by atoms with Gasteiger partial charge >= 0.3 is 5.96 Å². The predicted molar refractivity (Wildman–Crippen MR) is 146 cm³/mol. The summed E-state index contributed by atoms with van der Waals surface area (Å²) in [6.45, 7) is 3.89. The minimum atomic E-state index is -5.09. The van der Waals surface area contributed by atoms with Crippen LogP contribution in [-0.2, 0) is 33.7 Å². The molecule has 238 valence electrons. The van der Waals surface area contributed by atoms with E-state index >= 15 is 0 Å². The van der Waals surface area contributed by atoms with E-state index in [4.69, 9.17) is 16.2 Å². The molecule has 2 heterocycles. The van der Waals surface area contributed by atoms with E-state index in [1.54, 1.807) is 18.4 Å². The summed E-state index contributed by atoms with van der Waals surface area (Å²) in [7, 11) is -3.98. The van der Waals surface area contributed by atoms with Crippen LogP contribution in [0.1, 0.15) is 39.5 Å². The maximum absolute atomic E-state index is 14.0. The van der Waals surface area contributed by atoms with Crippen molar-refractivity contribution in [3.63, 3.8) is 0 Å². The van der Waals surface area contributed by atoms with E-state index in [1.165, 1.54) is 4.90 Å². The summed E-state index contributed by atoms with van der Waals surface area (Å²) < 4.78 is 43.4. The normalized spacial score (nSPS) is 27.3. The second-order valence-electron chi connectivity index (χ2n) is 11.3. The van der Waals surface area contributed by atoms with Crippen LogP contribution in [0.2, 0.25) is 0 Å². The van der Waals surface area contributed by atoms with Crippen LogP contribution in [0.25, 0.3) is 0 Å². The summed E-state index contributed by atoms with van der Waals surface area (Å²) in [6, 6.07) is -2.65. The Bertz CT molecular complexity index is 1190. The minimum absolute atomic E-state index is 0.0513. The van der Waals surface area contributed by atoms with Gasteiger partial charge in [0.2, 0.25) is 22.2 Å². The Morgan fingerprint density at radius 2 is 1.86 bits per heavy atom. The molecule has 0 radical (unpaired) electrons. The number of nitrogens with zero attached hydrogens (tertiary/aromatic N) is 2. The molecular formula is C25H42N6O10S. The second kappa shape index (κ2) is 14.1. The molecule has 0 aromatic rings. The number of aliphatic hydroxyl groups is 2. The van der Waals surface area contributed by atoms with E-state index in [9.17, 15) is 37.6 Å². The molecule has 2 fully saturated rings. The molecule has 42 heavy (non-hydrogen) atoms. The summed E-state index contributed by atoms with van der Waals surface area (Å²) in [5.41, 5.74) is 12.3. The number of aliphatic hydroxyl groups excluding tert-OH is 2. The van der Waals surface area contributed by atoms with Crippen molar-refractivity contribution in [1.82, 2.24) is 15.5 Å². The smallest absolute Gasteiger partial charge is 0.341 e. The number of methoxy groups -OCH3 is 1. The van der Waals surface area contributed by atoms with Gasteiger partial charge in [0.25, 0.3) is 5.91 Å². The maximum atomic E-state index is 14.0. The zero-order valence-electron chi connectivity index (χ0n) is 24.0.